The fraction of sp³-hybridized carbons (Fsp3) is 0.370. The number of aryl methyl sites for hydroxylation is 1. The number of benzene rings is 2. The Morgan fingerprint density at radius 2 is 1.89 bits per heavy atom. The van der Waals surface area contributed by atoms with E-state index < -0.39 is 30.0 Å². The van der Waals surface area contributed by atoms with Crippen molar-refractivity contribution in [2.75, 3.05) is 0 Å². The van der Waals surface area contributed by atoms with Crippen LogP contribution < -0.4 is 4.74 Å². The summed E-state index contributed by atoms with van der Waals surface area (Å²) < 4.78 is 69.3. The monoisotopic (exact) mass is 536 g/mol. The Balaban J connectivity index is 1.93. The van der Waals surface area contributed by atoms with Crippen LogP contribution in [0.15, 0.2) is 52.0 Å². The van der Waals surface area contributed by atoms with Gasteiger partial charge >= 0.3 is 12.3 Å². The van der Waals surface area contributed by atoms with Gasteiger partial charge in [-0.15, -0.1) is 13.2 Å². The van der Waals surface area contributed by atoms with Crippen LogP contribution in [0.4, 0.5) is 23.2 Å². The van der Waals surface area contributed by atoms with E-state index in [1.54, 1.807) is 6.07 Å². The third-order valence-electron chi connectivity index (χ3n) is 5.71. The number of nitrogens with zero attached hydrogens (tertiary/aromatic N) is 2. The summed E-state index contributed by atoms with van der Waals surface area (Å²) in [5.74, 6) is -1.97. The molecule has 0 spiro atoms. The quantitative estimate of drug-likeness (QED) is 0.190. The molecule has 0 aliphatic rings. The first-order valence-corrected chi connectivity index (χ1v) is 12.1. The van der Waals surface area contributed by atoms with Crippen LogP contribution in [0.1, 0.15) is 61.7 Å². The van der Waals surface area contributed by atoms with Gasteiger partial charge in [0.1, 0.15) is 23.0 Å². The molecule has 1 aromatic heterocycles. The lowest BCUT2D eigenvalue weighted by atomic mass is 10.0. The number of para-hydroxylation sites is 1. The number of hydrogen-bond donors (Lipinski definition) is 1. The molecule has 1 atom stereocenters. The third kappa shape index (κ3) is 7.18. The molecule has 2 aromatic carbocycles. The van der Waals surface area contributed by atoms with Crippen LogP contribution in [0, 0.1) is 5.82 Å². The second kappa shape index (κ2) is 12.7. The second-order valence-corrected chi connectivity index (χ2v) is 8.36. The van der Waals surface area contributed by atoms with Gasteiger partial charge in [0.05, 0.1) is 24.0 Å². The Hall–Kier alpha value is -3.73. The molecule has 0 aliphatic carbocycles. The predicted molar refractivity (Wildman–Crippen MR) is 132 cm³/mol. The third-order valence-corrected chi connectivity index (χ3v) is 5.71. The Labute approximate surface area is 217 Å². The highest BCUT2D eigenvalue weighted by atomic mass is 19.4. The number of carboxylic acid groups (broad SMARTS) is 1. The highest BCUT2D eigenvalue weighted by Crippen LogP contribution is 2.36. The lowest BCUT2D eigenvalue weighted by Crippen LogP contribution is -2.23. The number of hydrogen-bond acceptors (Lipinski definition) is 6. The van der Waals surface area contributed by atoms with Crippen molar-refractivity contribution >= 4 is 17.4 Å². The van der Waals surface area contributed by atoms with Gasteiger partial charge in [-0.2, -0.15) is 0 Å². The standard InChI is InChI=1S/C27H28F4N2O5/c1-4-9-24-18(25(33-38-24)17-10-7-8-11-23(17)37-27(29,30)31)15-36-22(6-3)20(5-2)32-21-13-12-16(26(34)35)14-19(21)28/h7-8,10-14,22H,4-6,9,15H2,1-3H3,(H,34,35). The minimum Gasteiger partial charge on any atom is -0.478 e. The van der Waals surface area contributed by atoms with Crippen LogP contribution >= 0.6 is 0 Å². The van der Waals surface area contributed by atoms with Crippen molar-refractivity contribution in [3.63, 3.8) is 0 Å². The zero-order valence-electron chi connectivity index (χ0n) is 21.1. The molecule has 3 aromatic rings. The summed E-state index contributed by atoms with van der Waals surface area (Å²) in [4.78, 5) is 15.5. The van der Waals surface area contributed by atoms with Crippen molar-refractivity contribution in [1.82, 2.24) is 5.16 Å². The van der Waals surface area contributed by atoms with Gasteiger partial charge in [0.15, 0.2) is 0 Å². The zero-order chi connectivity index (χ0) is 27.9. The van der Waals surface area contributed by atoms with E-state index in [0.29, 0.717) is 42.7 Å². The Morgan fingerprint density at radius 3 is 2.50 bits per heavy atom. The maximum atomic E-state index is 14.5. The number of halogens is 4. The predicted octanol–water partition coefficient (Wildman–Crippen LogP) is 7.51. The number of carbonyl (C=O) groups is 1. The first kappa shape index (κ1) is 28.8. The van der Waals surface area contributed by atoms with Gasteiger partial charge in [0.2, 0.25) is 0 Å². The van der Waals surface area contributed by atoms with Gasteiger partial charge in [-0.05, 0) is 49.6 Å². The molecule has 7 nitrogen and oxygen atoms in total. The molecule has 38 heavy (non-hydrogen) atoms. The number of rotatable bonds is 12. The van der Waals surface area contributed by atoms with Crippen molar-refractivity contribution in [1.29, 1.82) is 0 Å². The summed E-state index contributed by atoms with van der Waals surface area (Å²) >= 11 is 0. The average molecular weight is 537 g/mol. The Kier molecular flexibility index (Phi) is 9.62. The minimum atomic E-state index is -4.89. The number of alkyl halides is 3. The van der Waals surface area contributed by atoms with Crippen LogP contribution in [0.5, 0.6) is 5.75 Å². The van der Waals surface area contributed by atoms with Crippen molar-refractivity contribution in [2.45, 2.75) is 65.5 Å². The molecule has 0 radical (unpaired) electrons. The lowest BCUT2D eigenvalue weighted by Gasteiger charge is -2.19. The molecule has 0 saturated carbocycles. The molecule has 0 bridgehead atoms. The molecule has 204 valence electrons. The highest BCUT2D eigenvalue weighted by Gasteiger charge is 2.33. The number of carboxylic acids is 1. The number of aliphatic imine (C=N–C) groups is 1. The van der Waals surface area contributed by atoms with Gasteiger partial charge in [0.25, 0.3) is 0 Å². The summed E-state index contributed by atoms with van der Waals surface area (Å²) in [5.41, 5.74) is 1.06. The van der Waals surface area contributed by atoms with Crippen molar-refractivity contribution in [3.8, 4) is 17.0 Å². The molecule has 1 N–H and O–H groups in total. The van der Waals surface area contributed by atoms with E-state index in [4.69, 9.17) is 14.4 Å². The van der Waals surface area contributed by atoms with E-state index in [9.17, 15) is 22.4 Å². The van der Waals surface area contributed by atoms with Crippen LogP contribution in [-0.4, -0.2) is 34.4 Å². The fourth-order valence-corrected chi connectivity index (χ4v) is 3.90. The van der Waals surface area contributed by atoms with E-state index in [1.807, 2.05) is 20.8 Å². The SMILES string of the molecule is CCCc1onc(-c2ccccc2OC(F)(F)F)c1COC(CC)C(CC)=Nc1ccc(C(=O)O)cc1F. The molecule has 0 fully saturated rings. The lowest BCUT2D eigenvalue weighted by molar-refractivity contribution is -0.274. The molecule has 0 saturated heterocycles. The second-order valence-electron chi connectivity index (χ2n) is 8.36. The van der Waals surface area contributed by atoms with Crippen molar-refractivity contribution in [2.24, 2.45) is 4.99 Å². The molecule has 0 aliphatic heterocycles. The maximum absolute atomic E-state index is 14.5. The summed E-state index contributed by atoms with van der Waals surface area (Å²) in [6.45, 7) is 5.56. The molecular formula is C27H28F4N2O5. The van der Waals surface area contributed by atoms with Gasteiger partial charge in [-0.3, -0.25) is 4.99 Å². The van der Waals surface area contributed by atoms with Crippen molar-refractivity contribution in [3.05, 3.63) is 65.2 Å². The van der Waals surface area contributed by atoms with Crippen LogP contribution in [0.2, 0.25) is 0 Å². The topological polar surface area (TPSA) is 94.2 Å². The highest BCUT2D eigenvalue weighted by molar-refractivity contribution is 5.91. The van der Waals surface area contributed by atoms with Gasteiger partial charge < -0.3 is 19.1 Å². The molecule has 0 amide bonds. The van der Waals surface area contributed by atoms with Crippen LogP contribution in [0.25, 0.3) is 11.3 Å². The van der Waals surface area contributed by atoms with E-state index >= 15 is 0 Å². The number of aromatic nitrogens is 1. The van der Waals surface area contributed by atoms with Crippen LogP contribution in [-0.2, 0) is 17.8 Å². The summed E-state index contributed by atoms with van der Waals surface area (Å²) in [6, 6.07) is 9.10. The first-order chi connectivity index (χ1) is 18.1. The maximum Gasteiger partial charge on any atom is 0.573 e. The van der Waals surface area contributed by atoms with E-state index in [2.05, 4.69) is 14.9 Å². The molecule has 1 heterocycles. The zero-order valence-corrected chi connectivity index (χ0v) is 21.1. The number of aromatic carboxylic acids is 1. The Bertz CT molecular complexity index is 1290. The Morgan fingerprint density at radius 1 is 1.16 bits per heavy atom. The van der Waals surface area contributed by atoms with Gasteiger partial charge in [0, 0.05) is 23.3 Å². The fourth-order valence-electron chi connectivity index (χ4n) is 3.90. The van der Waals surface area contributed by atoms with Gasteiger partial charge in [-0.1, -0.05) is 38.1 Å². The minimum absolute atomic E-state index is 0.0236. The number of ether oxygens (including phenoxy) is 2. The first-order valence-electron chi connectivity index (χ1n) is 12.1. The van der Waals surface area contributed by atoms with Crippen molar-refractivity contribution < 1.29 is 41.5 Å². The van der Waals surface area contributed by atoms with Gasteiger partial charge in [-0.25, -0.2) is 9.18 Å². The molecule has 1 unspecified atom stereocenters. The van der Waals surface area contributed by atoms with E-state index in [-0.39, 0.29) is 29.1 Å². The molecule has 11 heteroatoms. The van der Waals surface area contributed by atoms with Crippen LogP contribution in [0.3, 0.4) is 0 Å². The van der Waals surface area contributed by atoms with E-state index in [0.717, 1.165) is 6.07 Å². The summed E-state index contributed by atoms with van der Waals surface area (Å²) in [5, 5.41) is 13.1. The molecular weight excluding hydrogens is 508 g/mol. The largest absolute Gasteiger partial charge is 0.573 e. The summed E-state index contributed by atoms with van der Waals surface area (Å²) in [7, 11) is 0. The van der Waals surface area contributed by atoms with E-state index in [1.165, 1.54) is 30.3 Å². The summed E-state index contributed by atoms with van der Waals surface area (Å²) in [6.07, 6.45) is -3.37. The molecule has 3 rings (SSSR count). The normalized spacial score (nSPS) is 13.0. The average Bonchev–Trinajstić information content (AvgIpc) is 3.26. The smallest absolute Gasteiger partial charge is 0.478 e.